The minimum absolute atomic E-state index is 0.314. The quantitative estimate of drug-likeness (QED) is 0.666. The molecule has 2 heteroatoms. The Balaban J connectivity index is 1.75. The van der Waals surface area contributed by atoms with Crippen molar-refractivity contribution in [1.29, 1.82) is 0 Å². The van der Waals surface area contributed by atoms with Gasteiger partial charge in [0.05, 0.1) is 0 Å². The maximum atomic E-state index is 11.5. The molecule has 0 saturated heterocycles. The smallest absolute Gasteiger partial charge is 0.223 e. The highest BCUT2D eigenvalue weighted by molar-refractivity contribution is 5.81. The van der Waals surface area contributed by atoms with E-state index < -0.39 is 0 Å². The van der Waals surface area contributed by atoms with Crippen molar-refractivity contribution in [1.82, 2.24) is 5.32 Å². The fourth-order valence-electron chi connectivity index (χ4n) is 2.07. The highest BCUT2D eigenvalue weighted by Gasteiger charge is 2.39. The zero-order chi connectivity index (χ0) is 8.55. The second-order valence-electron chi connectivity index (χ2n) is 4.31. The van der Waals surface area contributed by atoms with Gasteiger partial charge in [-0.3, -0.25) is 4.79 Å². The van der Waals surface area contributed by atoms with Crippen LogP contribution in [0.5, 0.6) is 0 Å². The second-order valence-corrected chi connectivity index (χ2v) is 4.31. The van der Waals surface area contributed by atoms with Crippen LogP contribution in [0.4, 0.5) is 0 Å². The largest absolute Gasteiger partial charge is 0.353 e. The third-order valence-corrected chi connectivity index (χ3v) is 3.15. The molecule has 2 aliphatic rings. The molecule has 68 valence electrons. The molecule has 0 bridgehead atoms. The van der Waals surface area contributed by atoms with E-state index in [-0.39, 0.29) is 0 Å². The van der Waals surface area contributed by atoms with E-state index >= 15 is 0 Å². The summed E-state index contributed by atoms with van der Waals surface area (Å²) in [5.41, 5.74) is 0. The monoisotopic (exact) mass is 167 g/mol. The van der Waals surface area contributed by atoms with E-state index in [1.807, 2.05) is 0 Å². The number of rotatable bonds is 2. The molecule has 1 N–H and O–H groups in total. The first-order valence-electron chi connectivity index (χ1n) is 5.08. The molecule has 2 nitrogen and oxygen atoms in total. The molecule has 2 fully saturated rings. The Kier molecular flexibility index (Phi) is 2.07. The molecule has 0 aliphatic heterocycles. The van der Waals surface area contributed by atoms with Gasteiger partial charge in [0.1, 0.15) is 0 Å². The summed E-state index contributed by atoms with van der Waals surface area (Å²) < 4.78 is 0. The fourth-order valence-corrected chi connectivity index (χ4v) is 2.07. The van der Waals surface area contributed by atoms with Crippen LogP contribution >= 0.6 is 0 Å². The Hall–Kier alpha value is -0.530. The third kappa shape index (κ3) is 1.62. The van der Waals surface area contributed by atoms with Crippen LogP contribution in [0.1, 0.15) is 39.0 Å². The maximum Gasteiger partial charge on any atom is 0.223 e. The minimum Gasteiger partial charge on any atom is -0.353 e. The van der Waals surface area contributed by atoms with Crippen molar-refractivity contribution in [2.75, 3.05) is 0 Å². The van der Waals surface area contributed by atoms with Gasteiger partial charge in [-0.25, -0.2) is 0 Å². The molecule has 0 aromatic rings. The van der Waals surface area contributed by atoms with Gasteiger partial charge in [-0.2, -0.15) is 0 Å². The predicted octanol–water partition coefficient (Wildman–Crippen LogP) is 1.70. The highest BCUT2D eigenvalue weighted by atomic mass is 16.2. The van der Waals surface area contributed by atoms with Crippen LogP contribution in [0.15, 0.2) is 0 Å². The topological polar surface area (TPSA) is 29.1 Å². The summed E-state index contributed by atoms with van der Waals surface area (Å²) in [6, 6.07) is 0.505. The van der Waals surface area contributed by atoms with Crippen molar-refractivity contribution >= 4 is 5.91 Å². The molecular weight excluding hydrogens is 150 g/mol. The molecule has 1 amide bonds. The SMILES string of the molecule is CC1CC1C(=O)NC1CCCC1. The van der Waals surface area contributed by atoms with Gasteiger partial charge in [0.25, 0.3) is 0 Å². The van der Waals surface area contributed by atoms with E-state index in [0.29, 0.717) is 23.8 Å². The molecule has 0 radical (unpaired) electrons. The zero-order valence-corrected chi connectivity index (χ0v) is 7.68. The van der Waals surface area contributed by atoms with Gasteiger partial charge in [-0.1, -0.05) is 19.8 Å². The second kappa shape index (κ2) is 3.08. The number of hydrogen-bond acceptors (Lipinski definition) is 1. The van der Waals surface area contributed by atoms with Crippen LogP contribution in [0.25, 0.3) is 0 Å². The average molecular weight is 167 g/mol. The van der Waals surface area contributed by atoms with Crippen molar-refractivity contribution < 1.29 is 4.79 Å². The van der Waals surface area contributed by atoms with Crippen molar-refractivity contribution in [3.05, 3.63) is 0 Å². The standard InChI is InChI=1S/C10H17NO/c1-7-6-9(7)10(12)11-8-4-2-3-5-8/h7-9H,2-6H2,1H3,(H,11,12). The lowest BCUT2D eigenvalue weighted by molar-refractivity contribution is -0.123. The summed E-state index contributed by atoms with van der Waals surface area (Å²) in [4.78, 5) is 11.5. The van der Waals surface area contributed by atoms with E-state index in [1.165, 1.54) is 25.7 Å². The van der Waals surface area contributed by atoms with Gasteiger partial charge < -0.3 is 5.32 Å². The minimum atomic E-state index is 0.314. The van der Waals surface area contributed by atoms with Crippen LogP contribution in [0.2, 0.25) is 0 Å². The number of carbonyl (C=O) groups excluding carboxylic acids is 1. The normalized spacial score (nSPS) is 35.1. The first kappa shape index (κ1) is 8.09. The Bertz CT molecular complexity index is 184. The van der Waals surface area contributed by atoms with Crippen molar-refractivity contribution in [2.45, 2.75) is 45.1 Å². The van der Waals surface area contributed by atoms with Gasteiger partial charge in [-0.05, 0) is 25.2 Å². The van der Waals surface area contributed by atoms with Gasteiger partial charge in [0.15, 0.2) is 0 Å². The van der Waals surface area contributed by atoms with E-state index in [2.05, 4.69) is 12.2 Å². The Morgan fingerprint density at radius 3 is 2.42 bits per heavy atom. The molecule has 2 aliphatic carbocycles. The summed E-state index contributed by atoms with van der Waals surface area (Å²) in [6.45, 7) is 2.15. The molecule has 0 heterocycles. The Morgan fingerprint density at radius 1 is 1.33 bits per heavy atom. The molecule has 2 atom stereocenters. The number of hydrogen-bond donors (Lipinski definition) is 1. The Morgan fingerprint density at radius 2 is 1.92 bits per heavy atom. The van der Waals surface area contributed by atoms with E-state index in [1.54, 1.807) is 0 Å². The van der Waals surface area contributed by atoms with Gasteiger partial charge >= 0.3 is 0 Å². The summed E-state index contributed by atoms with van der Waals surface area (Å²) in [6.07, 6.45) is 6.11. The lowest BCUT2D eigenvalue weighted by atomic mass is 10.2. The lowest BCUT2D eigenvalue weighted by Gasteiger charge is -2.10. The van der Waals surface area contributed by atoms with Crippen LogP contribution in [0, 0.1) is 11.8 Å². The fraction of sp³-hybridized carbons (Fsp3) is 0.900. The van der Waals surface area contributed by atoms with Crippen LogP contribution < -0.4 is 5.32 Å². The zero-order valence-electron chi connectivity index (χ0n) is 7.68. The predicted molar refractivity (Wildman–Crippen MR) is 47.7 cm³/mol. The molecule has 2 saturated carbocycles. The average Bonchev–Trinajstić information content (AvgIpc) is 2.58. The molecule has 0 aromatic heterocycles. The summed E-state index contributed by atoms with van der Waals surface area (Å²) in [7, 11) is 0. The molecular formula is C10H17NO. The van der Waals surface area contributed by atoms with Gasteiger partial charge in [-0.15, -0.1) is 0 Å². The number of nitrogens with one attached hydrogen (secondary N) is 1. The highest BCUT2D eigenvalue weighted by Crippen LogP contribution is 2.38. The van der Waals surface area contributed by atoms with E-state index in [4.69, 9.17) is 0 Å². The maximum absolute atomic E-state index is 11.5. The van der Waals surface area contributed by atoms with E-state index in [9.17, 15) is 4.79 Å². The van der Waals surface area contributed by atoms with Gasteiger partial charge in [0, 0.05) is 12.0 Å². The van der Waals surface area contributed by atoms with E-state index in [0.717, 1.165) is 6.42 Å². The molecule has 2 unspecified atom stereocenters. The molecule has 12 heavy (non-hydrogen) atoms. The van der Waals surface area contributed by atoms with Crippen LogP contribution in [0.3, 0.4) is 0 Å². The summed E-state index contributed by atoms with van der Waals surface area (Å²) in [5, 5.41) is 3.13. The van der Waals surface area contributed by atoms with Gasteiger partial charge in [0.2, 0.25) is 5.91 Å². The Labute approximate surface area is 73.7 Å². The number of carbonyl (C=O) groups is 1. The van der Waals surface area contributed by atoms with Crippen LogP contribution in [-0.2, 0) is 4.79 Å². The van der Waals surface area contributed by atoms with Crippen molar-refractivity contribution in [3.8, 4) is 0 Å². The summed E-state index contributed by atoms with van der Waals surface area (Å²) in [5.74, 6) is 1.31. The first-order valence-corrected chi connectivity index (χ1v) is 5.08. The first-order chi connectivity index (χ1) is 5.77. The third-order valence-electron chi connectivity index (χ3n) is 3.15. The summed E-state index contributed by atoms with van der Waals surface area (Å²) >= 11 is 0. The number of amides is 1. The van der Waals surface area contributed by atoms with Crippen molar-refractivity contribution in [2.24, 2.45) is 11.8 Å². The molecule has 0 spiro atoms. The molecule has 2 rings (SSSR count). The lowest BCUT2D eigenvalue weighted by Crippen LogP contribution is -2.33. The molecule has 0 aromatic carbocycles. The van der Waals surface area contributed by atoms with Crippen LogP contribution in [-0.4, -0.2) is 11.9 Å². The van der Waals surface area contributed by atoms with Crippen molar-refractivity contribution in [3.63, 3.8) is 0 Å².